The molecule has 0 saturated heterocycles. The first-order valence-corrected chi connectivity index (χ1v) is 10.5. The zero-order chi connectivity index (χ0) is 20.9. The Morgan fingerprint density at radius 1 is 0.967 bits per heavy atom. The van der Waals surface area contributed by atoms with Crippen LogP contribution in [0.25, 0.3) is 22.2 Å². The van der Waals surface area contributed by atoms with E-state index in [1.807, 2.05) is 84.9 Å². The Labute approximate surface area is 183 Å². The quantitative estimate of drug-likeness (QED) is 0.425. The smallest absolute Gasteiger partial charge is 0.252 e. The Morgan fingerprint density at radius 2 is 1.67 bits per heavy atom. The zero-order valence-electron chi connectivity index (χ0n) is 16.3. The Balaban J connectivity index is 1.67. The molecule has 150 valence electrons. The van der Waals surface area contributed by atoms with E-state index in [1.165, 1.54) is 0 Å². The standard InChI is InChI=1S/C25H21BrN2O2/c26-19-12-10-18(11-13-19)24-15-22(21-8-4-5-9-23(21)28-24)25(30)27-20(16-29)14-17-6-2-1-3-7-17/h1-13,15,20,29H,14,16H2,(H,27,30)/t20-/m0/s1. The van der Waals surface area contributed by atoms with E-state index in [4.69, 9.17) is 4.98 Å². The van der Waals surface area contributed by atoms with Gasteiger partial charge in [-0.2, -0.15) is 0 Å². The van der Waals surface area contributed by atoms with Crippen LogP contribution < -0.4 is 5.32 Å². The molecule has 0 saturated carbocycles. The molecule has 5 heteroatoms. The Hall–Kier alpha value is -3.02. The van der Waals surface area contributed by atoms with Gasteiger partial charge in [0.15, 0.2) is 0 Å². The van der Waals surface area contributed by atoms with Crippen LogP contribution in [0.4, 0.5) is 0 Å². The van der Waals surface area contributed by atoms with E-state index >= 15 is 0 Å². The number of hydrogen-bond donors (Lipinski definition) is 2. The van der Waals surface area contributed by atoms with Gasteiger partial charge in [0.05, 0.1) is 29.4 Å². The highest BCUT2D eigenvalue weighted by Crippen LogP contribution is 2.26. The SMILES string of the molecule is O=C(N[C@H](CO)Cc1ccccc1)c1cc(-c2ccc(Br)cc2)nc2ccccc12. The minimum atomic E-state index is -0.372. The Morgan fingerprint density at radius 3 is 2.40 bits per heavy atom. The van der Waals surface area contributed by atoms with Gasteiger partial charge in [0.25, 0.3) is 5.91 Å². The van der Waals surface area contributed by atoms with Gasteiger partial charge in [0.1, 0.15) is 0 Å². The lowest BCUT2D eigenvalue weighted by atomic mass is 10.0. The fraction of sp³-hybridized carbons (Fsp3) is 0.120. The number of amides is 1. The molecule has 1 aromatic heterocycles. The van der Waals surface area contributed by atoms with Gasteiger partial charge in [-0.1, -0.05) is 76.6 Å². The summed E-state index contributed by atoms with van der Waals surface area (Å²) in [5.41, 5.74) is 4.03. The average molecular weight is 461 g/mol. The van der Waals surface area contributed by atoms with E-state index in [0.717, 1.165) is 32.2 Å². The number of carbonyl (C=O) groups is 1. The van der Waals surface area contributed by atoms with Crippen LogP contribution in [0, 0.1) is 0 Å². The van der Waals surface area contributed by atoms with Crippen LogP contribution in [0.15, 0.2) is 89.4 Å². The number of para-hydroxylation sites is 1. The molecule has 1 amide bonds. The number of halogens is 1. The van der Waals surface area contributed by atoms with Crippen molar-refractivity contribution in [2.75, 3.05) is 6.61 Å². The topological polar surface area (TPSA) is 62.2 Å². The first-order chi connectivity index (χ1) is 14.6. The van der Waals surface area contributed by atoms with Gasteiger partial charge in [0.2, 0.25) is 0 Å². The maximum Gasteiger partial charge on any atom is 0.252 e. The molecule has 30 heavy (non-hydrogen) atoms. The number of pyridine rings is 1. The van der Waals surface area contributed by atoms with E-state index in [1.54, 1.807) is 0 Å². The molecular weight excluding hydrogens is 440 g/mol. The number of fused-ring (bicyclic) bond motifs is 1. The Kier molecular flexibility index (Phi) is 6.21. The third-order valence-corrected chi connectivity index (χ3v) is 5.51. The van der Waals surface area contributed by atoms with Gasteiger partial charge < -0.3 is 10.4 Å². The third kappa shape index (κ3) is 4.58. The third-order valence-electron chi connectivity index (χ3n) is 4.98. The zero-order valence-corrected chi connectivity index (χ0v) is 17.8. The number of carbonyl (C=O) groups excluding carboxylic acids is 1. The second kappa shape index (κ2) is 9.20. The van der Waals surface area contributed by atoms with Crippen molar-refractivity contribution in [3.63, 3.8) is 0 Å². The van der Waals surface area contributed by atoms with Gasteiger partial charge in [-0.25, -0.2) is 4.98 Å². The summed E-state index contributed by atoms with van der Waals surface area (Å²) < 4.78 is 0.983. The van der Waals surface area contributed by atoms with Gasteiger partial charge >= 0.3 is 0 Å². The van der Waals surface area contributed by atoms with Gasteiger partial charge in [0, 0.05) is 15.4 Å². The molecular formula is C25H21BrN2O2. The van der Waals surface area contributed by atoms with Crippen LogP contribution in [0.5, 0.6) is 0 Å². The number of rotatable bonds is 6. The molecule has 0 radical (unpaired) electrons. The molecule has 2 N–H and O–H groups in total. The molecule has 0 unspecified atom stereocenters. The maximum absolute atomic E-state index is 13.2. The average Bonchev–Trinajstić information content (AvgIpc) is 2.79. The lowest BCUT2D eigenvalue weighted by Crippen LogP contribution is -2.39. The predicted molar refractivity (Wildman–Crippen MR) is 123 cm³/mol. The second-order valence-corrected chi connectivity index (χ2v) is 8.04. The molecule has 0 fully saturated rings. The summed E-state index contributed by atoms with van der Waals surface area (Å²) in [6.07, 6.45) is 0.561. The number of aliphatic hydroxyl groups excluding tert-OH is 1. The van der Waals surface area contributed by atoms with Crippen molar-refractivity contribution in [2.24, 2.45) is 0 Å². The summed E-state index contributed by atoms with van der Waals surface area (Å²) >= 11 is 3.45. The number of aromatic nitrogens is 1. The molecule has 0 bridgehead atoms. The monoisotopic (exact) mass is 460 g/mol. The molecule has 0 spiro atoms. The highest BCUT2D eigenvalue weighted by molar-refractivity contribution is 9.10. The number of hydrogen-bond acceptors (Lipinski definition) is 3. The van der Waals surface area contributed by atoms with E-state index in [-0.39, 0.29) is 18.6 Å². The van der Waals surface area contributed by atoms with Gasteiger partial charge in [-0.15, -0.1) is 0 Å². The molecule has 0 aliphatic rings. The first-order valence-electron chi connectivity index (χ1n) is 9.75. The molecule has 1 heterocycles. The van der Waals surface area contributed by atoms with Crippen molar-refractivity contribution in [3.05, 3.63) is 101 Å². The van der Waals surface area contributed by atoms with Crippen LogP contribution in [0.3, 0.4) is 0 Å². The number of nitrogens with one attached hydrogen (secondary N) is 1. The van der Waals surface area contributed by atoms with E-state index in [2.05, 4.69) is 21.2 Å². The lowest BCUT2D eigenvalue weighted by Gasteiger charge is -2.18. The van der Waals surface area contributed by atoms with Crippen LogP contribution in [0.1, 0.15) is 15.9 Å². The molecule has 0 aliphatic carbocycles. The highest BCUT2D eigenvalue weighted by Gasteiger charge is 2.18. The Bertz CT molecular complexity index is 1160. The lowest BCUT2D eigenvalue weighted by molar-refractivity contribution is 0.0918. The highest BCUT2D eigenvalue weighted by atomic mass is 79.9. The summed E-state index contributed by atoms with van der Waals surface area (Å²) in [4.78, 5) is 17.9. The molecule has 4 aromatic rings. The summed E-state index contributed by atoms with van der Waals surface area (Å²) in [7, 11) is 0. The van der Waals surface area contributed by atoms with Gasteiger partial charge in [-0.3, -0.25) is 4.79 Å². The van der Waals surface area contributed by atoms with Gasteiger partial charge in [-0.05, 0) is 36.2 Å². The minimum absolute atomic E-state index is 0.136. The fourth-order valence-electron chi connectivity index (χ4n) is 3.45. The second-order valence-electron chi connectivity index (χ2n) is 7.12. The maximum atomic E-state index is 13.2. The predicted octanol–water partition coefficient (Wildman–Crippen LogP) is 5.00. The largest absolute Gasteiger partial charge is 0.394 e. The van der Waals surface area contributed by atoms with Crippen molar-refractivity contribution < 1.29 is 9.90 Å². The minimum Gasteiger partial charge on any atom is -0.394 e. The number of benzene rings is 3. The molecule has 1 atom stereocenters. The van der Waals surface area contributed by atoms with E-state index in [0.29, 0.717) is 12.0 Å². The molecule has 4 nitrogen and oxygen atoms in total. The molecule has 0 aliphatic heterocycles. The molecule has 4 rings (SSSR count). The normalized spacial score (nSPS) is 11.9. The summed E-state index contributed by atoms with van der Waals surface area (Å²) in [6, 6.07) is 26.7. The van der Waals surface area contributed by atoms with Crippen LogP contribution >= 0.6 is 15.9 Å². The van der Waals surface area contributed by atoms with Crippen LogP contribution in [-0.2, 0) is 6.42 Å². The van der Waals surface area contributed by atoms with Crippen molar-refractivity contribution in [2.45, 2.75) is 12.5 Å². The summed E-state index contributed by atoms with van der Waals surface area (Å²) in [5, 5.41) is 13.6. The molecule has 3 aromatic carbocycles. The number of aliphatic hydroxyl groups is 1. The summed E-state index contributed by atoms with van der Waals surface area (Å²) in [5.74, 6) is -0.220. The fourth-order valence-corrected chi connectivity index (χ4v) is 3.72. The van der Waals surface area contributed by atoms with Crippen molar-refractivity contribution in [1.29, 1.82) is 0 Å². The van der Waals surface area contributed by atoms with Crippen LogP contribution in [-0.4, -0.2) is 28.6 Å². The van der Waals surface area contributed by atoms with Crippen molar-refractivity contribution >= 4 is 32.7 Å². The summed E-state index contributed by atoms with van der Waals surface area (Å²) in [6.45, 7) is -0.136. The number of nitrogens with zero attached hydrogens (tertiary/aromatic N) is 1. The van der Waals surface area contributed by atoms with Crippen molar-refractivity contribution in [1.82, 2.24) is 10.3 Å². The van der Waals surface area contributed by atoms with E-state index in [9.17, 15) is 9.90 Å². The van der Waals surface area contributed by atoms with Crippen molar-refractivity contribution in [3.8, 4) is 11.3 Å². The van der Waals surface area contributed by atoms with E-state index < -0.39 is 0 Å². The van der Waals surface area contributed by atoms with Crippen LogP contribution in [0.2, 0.25) is 0 Å². The first kappa shape index (κ1) is 20.3.